The van der Waals surface area contributed by atoms with E-state index in [1.165, 1.54) is 5.56 Å². The van der Waals surface area contributed by atoms with Gasteiger partial charge in [-0.1, -0.05) is 12.1 Å². The van der Waals surface area contributed by atoms with E-state index in [1.54, 1.807) is 0 Å². The van der Waals surface area contributed by atoms with Gasteiger partial charge in [0.05, 0.1) is 25.4 Å². The first-order valence-electron chi connectivity index (χ1n) is 11.7. The molecule has 176 valence electrons. The van der Waals surface area contributed by atoms with Crippen molar-refractivity contribution < 1.29 is 14.2 Å². The molecule has 2 unspecified atom stereocenters. The maximum absolute atomic E-state index is 5.94. The van der Waals surface area contributed by atoms with Gasteiger partial charge in [-0.05, 0) is 52.7 Å². The second-order valence-electron chi connectivity index (χ2n) is 8.15. The molecule has 7 nitrogen and oxygen atoms in total. The summed E-state index contributed by atoms with van der Waals surface area (Å²) in [5, 5.41) is 6.80. The maximum atomic E-state index is 5.94. The fourth-order valence-corrected chi connectivity index (χ4v) is 3.76. The Balaban J connectivity index is 1.84. The van der Waals surface area contributed by atoms with Gasteiger partial charge in [0.1, 0.15) is 12.4 Å². The molecule has 1 aromatic rings. The molecule has 0 saturated carbocycles. The number of ether oxygens (including phenoxy) is 3. The van der Waals surface area contributed by atoms with Gasteiger partial charge in [-0.3, -0.25) is 4.90 Å². The SMILES string of the molecule is CCNC(=NCc1ccc(C)cc1OCCOCC)NCCCN1CC(C)OC(C)C1. The molecule has 1 aliphatic heterocycles. The third kappa shape index (κ3) is 9.89. The van der Waals surface area contributed by atoms with Crippen molar-refractivity contribution in [1.29, 1.82) is 0 Å². The second kappa shape index (κ2) is 14.3. The molecule has 2 atom stereocenters. The number of hydrogen-bond acceptors (Lipinski definition) is 5. The Morgan fingerprint density at radius 1 is 1.16 bits per heavy atom. The number of nitrogens with zero attached hydrogens (tertiary/aromatic N) is 2. The molecule has 1 fully saturated rings. The van der Waals surface area contributed by atoms with Crippen molar-refractivity contribution in [3.63, 3.8) is 0 Å². The molecule has 1 heterocycles. The largest absolute Gasteiger partial charge is 0.491 e. The molecule has 1 aromatic carbocycles. The predicted molar refractivity (Wildman–Crippen MR) is 127 cm³/mol. The van der Waals surface area contributed by atoms with Crippen LogP contribution < -0.4 is 15.4 Å². The van der Waals surface area contributed by atoms with Gasteiger partial charge in [0.2, 0.25) is 0 Å². The van der Waals surface area contributed by atoms with Crippen LogP contribution in [-0.2, 0) is 16.0 Å². The first-order chi connectivity index (χ1) is 15.0. The Kier molecular flexibility index (Phi) is 11.7. The Morgan fingerprint density at radius 2 is 1.94 bits per heavy atom. The van der Waals surface area contributed by atoms with Gasteiger partial charge in [-0.25, -0.2) is 4.99 Å². The van der Waals surface area contributed by atoms with E-state index >= 15 is 0 Å². The molecule has 7 heteroatoms. The standard InChI is InChI=1S/C24H42N4O3/c1-6-25-24(26-11-8-12-28-17-20(4)31-21(5)18-28)27-16-22-10-9-19(3)15-23(22)30-14-13-29-7-2/h9-10,15,20-21H,6-8,11-14,16-18H2,1-5H3,(H2,25,26,27). The minimum Gasteiger partial charge on any atom is -0.491 e. The molecule has 0 radical (unpaired) electrons. The van der Waals surface area contributed by atoms with Crippen LogP contribution in [0.4, 0.5) is 0 Å². The Hall–Kier alpha value is -1.83. The number of rotatable bonds is 12. The number of nitrogens with one attached hydrogen (secondary N) is 2. The number of guanidine groups is 1. The Bertz CT molecular complexity index is 658. The van der Waals surface area contributed by atoms with Gasteiger partial charge in [-0.15, -0.1) is 0 Å². The van der Waals surface area contributed by atoms with Crippen molar-refractivity contribution in [2.45, 2.75) is 59.8 Å². The number of hydrogen-bond donors (Lipinski definition) is 2. The van der Waals surface area contributed by atoms with Crippen LogP contribution in [-0.4, -0.2) is 75.6 Å². The lowest BCUT2D eigenvalue weighted by molar-refractivity contribution is -0.0679. The van der Waals surface area contributed by atoms with Crippen LogP contribution in [0.15, 0.2) is 23.2 Å². The van der Waals surface area contributed by atoms with Gasteiger partial charge in [0.25, 0.3) is 0 Å². The third-order valence-electron chi connectivity index (χ3n) is 5.10. The van der Waals surface area contributed by atoms with Gasteiger partial charge < -0.3 is 24.8 Å². The highest BCUT2D eigenvalue weighted by molar-refractivity contribution is 5.79. The topological polar surface area (TPSA) is 67.4 Å². The molecule has 2 N–H and O–H groups in total. The van der Waals surface area contributed by atoms with Crippen molar-refractivity contribution in [2.24, 2.45) is 4.99 Å². The van der Waals surface area contributed by atoms with Crippen LogP contribution in [0.2, 0.25) is 0 Å². The molecule has 0 amide bonds. The van der Waals surface area contributed by atoms with Crippen LogP contribution in [0.1, 0.15) is 45.2 Å². The van der Waals surface area contributed by atoms with Crippen molar-refractivity contribution in [1.82, 2.24) is 15.5 Å². The molecule has 1 aliphatic rings. The quantitative estimate of drug-likeness (QED) is 0.300. The average molecular weight is 435 g/mol. The smallest absolute Gasteiger partial charge is 0.191 e. The highest BCUT2D eigenvalue weighted by atomic mass is 16.5. The molecule has 0 spiro atoms. The molecule has 2 rings (SSSR count). The zero-order valence-electron chi connectivity index (χ0n) is 20.1. The molecule has 0 aromatic heterocycles. The van der Waals surface area contributed by atoms with E-state index in [9.17, 15) is 0 Å². The predicted octanol–water partition coefficient (Wildman–Crippen LogP) is 2.96. The van der Waals surface area contributed by atoms with Gasteiger partial charge in [-0.2, -0.15) is 0 Å². The van der Waals surface area contributed by atoms with E-state index < -0.39 is 0 Å². The van der Waals surface area contributed by atoms with E-state index in [4.69, 9.17) is 19.2 Å². The summed E-state index contributed by atoms with van der Waals surface area (Å²) in [5.41, 5.74) is 2.26. The van der Waals surface area contributed by atoms with Crippen molar-refractivity contribution in [3.8, 4) is 5.75 Å². The molecular formula is C24H42N4O3. The maximum Gasteiger partial charge on any atom is 0.191 e. The molecule has 31 heavy (non-hydrogen) atoms. The van der Waals surface area contributed by atoms with Crippen LogP contribution in [0, 0.1) is 6.92 Å². The van der Waals surface area contributed by atoms with Crippen molar-refractivity contribution in [2.75, 3.05) is 52.5 Å². The highest BCUT2D eigenvalue weighted by Gasteiger charge is 2.21. The normalized spacial score (nSPS) is 20.0. The first kappa shape index (κ1) is 25.4. The summed E-state index contributed by atoms with van der Waals surface area (Å²) < 4.78 is 17.1. The lowest BCUT2D eigenvalue weighted by Gasteiger charge is -2.35. The van der Waals surface area contributed by atoms with Crippen LogP contribution in [0.3, 0.4) is 0 Å². The second-order valence-corrected chi connectivity index (χ2v) is 8.15. The number of morpholine rings is 1. The fraction of sp³-hybridized carbons (Fsp3) is 0.708. The summed E-state index contributed by atoms with van der Waals surface area (Å²) >= 11 is 0. The lowest BCUT2D eigenvalue weighted by atomic mass is 10.1. The summed E-state index contributed by atoms with van der Waals surface area (Å²) in [6.07, 6.45) is 1.70. The molecule has 0 bridgehead atoms. The number of benzene rings is 1. The minimum atomic E-state index is 0.315. The Morgan fingerprint density at radius 3 is 2.65 bits per heavy atom. The lowest BCUT2D eigenvalue weighted by Crippen LogP contribution is -2.46. The van der Waals surface area contributed by atoms with Crippen LogP contribution in [0.5, 0.6) is 5.75 Å². The van der Waals surface area contributed by atoms with Crippen LogP contribution >= 0.6 is 0 Å². The molecule has 0 aliphatic carbocycles. The fourth-order valence-electron chi connectivity index (χ4n) is 3.76. The van der Waals surface area contributed by atoms with Gasteiger partial charge in [0, 0.05) is 44.9 Å². The first-order valence-corrected chi connectivity index (χ1v) is 11.7. The number of aliphatic imine (C=N–C) groups is 1. The number of aryl methyl sites for hydroxylation is 1. The Labute approximate surface area is 188 Å². The van der Waals surface area contributed by atoms with E-state index in [0.717, 1.165) is 56.4 Å². The van der Waals surface area contributed by atoms with E-state index in [2.05, 4.69) is 61.4 Å². The summed E-state index contributed by atoms with van der Waals surface area (Å²) in [6.45, 7) is 17.7. The highest BCUT2D eigenvalue weighted by Crippen LogP contribution is 2.21. The third-order valence-corrected chi connectivity index (χ3v) is 5.10. The van der Waals surface area contributed by atoms with Gasteiger partial charge >= 0.3 is 0 Å². The monoisotopic (exact) mass is 434 g/mol. The van der Waals surface area contributed by atoms with E-state index in [1.807, 2.05) is 6.92 Å². The summed E-state index contributed by atoms with van der Waals surface area (Å²) in [6, 6.07) is 6.27. The minimum absolute atomic E-state index is 0.315. The summed E-state index contributed by atoms with van der Waals surface area (Å²) in [5.74, 6) is 1.72. The van der Waals surface area contributed by atoms with E-state index in [0.29, 0.717) is 38.6 Å². The zero-order valence-corrected chi connectivity index (χ0v) is 20.1. The zero-order chi connectivity index (χ0) is 22.5. The van der Waals surface area contributed by atoms with Crippen molar-refractivity contribution in [3.05, 3.63) is 29.3 Å². The molecular weight excluding hydrogens is 392 g/mol. The molecule has 1 saturated heterocycles. The summed E-state index contributed by atoms with van der Waals surface area (Å²) in [7, 11) is 0. The van der Waals surface area contributed by atoms with Crippen molar-refractivity contribution >= 4 is 5.96 Å². The van der Waals surface area contributed by atoms with Gasteiger partial charge in [0.15, 0.2) is 5.96 Å². The van der Waals surface area contributed by atoms with E-state index in [-0.39, 0.29) is 0 Å². The van der Waals surface area contributed by atoms with Crippen LogP contribution in [0.25, 0.3) is 0 Å². The average Bonchev–Trinajstić information content (AvgIpc) is 2.72. The summed E-state index contributed by atoms with van der Waals surface area (Å²) in [4.78, 5) is 7.27.